The second-order valence-corrected chi connectivity index (χ2v) is 4.89. The van der Waals surface area contributed by atoms with Crippen LogP contribution in [-0.2, 0) is 0 Å². The largest absolute Gasteiger partial charge is 0.368 e. The van der Waals surface area contributed by atoms with Crippen molar-refractivity contribution in [1.29, 1.82) is 0 Å². The van der Waals surface area contributed by atoms with E-state index in [1.807, 2.05) is 4.68 Å². The molecule has 0 saturated carbocycles. The Hall–Kier alpha value is -1.89. The summed E-state index contributed by atoms with van der Waals surface area (Å²) in [4.78, 5) is 14.2. The minimum atomic E-state index is 0.209. The molecule has 1 saturated heterocycles. The van der Waals surface area contributed by atoms with Crippen LogP contribution in [0.4, 0.5) is 11.8 Å². The first-order valence-electron chi connectivity index (χ1n) is 6.11. The number of hydrogen-bond donors (Lipinski definition) is 1. The number of halogens is 1. The van der Waals surface area contributed by atoms with E-state index in [1.165, 1.54) is 0 Å². The van der Waals surface area contributed by atoms with Crippen LogP contribution in [0.1, 0.15) is 18.9 Å². The zero-order valence-electron chi connectivity index (χ0n) is 10.3. The van der Waals surface area contributed by atoms with E-state index >= 15 is 0 Å². The molecule has 7 nitrogen and oxygen atoms in total. The van der Waals surface area contributed by atoms with Crippen LogP contribution in [0.15, 0.2) is 18.7 Å². The van der Waals surface area contributed by atoms with Gasteiger partial charge in [0.15, 0.2) is 0 Å². The first-order valence-corrected chi connectivity index (χ1v) is 6.49. The van der Waals surface area contributed by atoms with Crippen molar-refractivity contribution in [1.82, 2.24) is 24.7 Å². The van der Waals surface area contributed by atoms with Crippen LogP contribution in [0.3, 0.4) is 0 Å². The Morgan fingerprint density at radius 2 is 2.05 bits per heavy atom. The normalized spacial score (nSPS) is 16.8. The van der Waals surface area contributed by atoms with Gasteiger partial charge in [0, 0.05) is 19.2 Å². The highest BCUT2D eigenvalue weighted by Gasteiger charge is 2.22. The Labute approximate surface area is 115 Å². The van der Waals surface area contributed by atoms with Crippen molar-refractivity contribution in [2.45, 2.75) is 18.9 Å². The Kier molecular flexibility index (Phi) is 3.20. The van der Waals surface area contributed by atoms with E-state index in [0.717, 1.165) is 31.7 Å². The molecular formula is C11H14ClN7. The third-order valence-electron chi connectivity index (χ3n) is 3.30. The maximum Gasteiger partial charge on any atom is 0.223 e. The van der Waals surface area contributed by atoms with Crippen molar-refractivity contribution < 1.29 is 0 Å². The van der Waals surface area contributed by atoms with Gasteiger partial charge < -0.3 is 10.6 Å². The fraction of sp³-hybridized carbons (Fsp3) is 0.455. The molecule has 100 valence electrons. The standard InChI is InChI=1S/C11H14ClN7/c12-9-5-10(17-11(13)16-9)18-3-1-8(2-4-18)19-7-14-6-15-19/h5-8H,1-4H2,(H2,13,16,17). The van der Waals surface area contributed by atoms with Crippen molar-refractivity contribution in [3.8, 4) is 0 Å². The SMILES string of the molecule is Nc1nc(Cl)cc(N2CCC(n3cncn3)CC2)n1. The molecule has 1 aliphatic rings. The number of nitrogen functional groups attached to an aromatic ring is 1. The summed E-state index contributed by atoms with van der Waals surface area (Å²) in [7, 11) is 0. The van der Waals surface area contributed by atoms with Gasteiger partial charge in [0.05, 0.1) is 6.04 Å². The van der Waals surface area contributed by atoms with Crippen LogP contribution >= 0.6 is 11.6 Å². The Balaban J connectivity index is 1.70. The molecule has 0 aliphatic carbocycles. The van der Waals surface area contributed by atoms with Crippen molar-refractivity contribution in [3.63, 3.8) is 0 Å². The van der Waals surface area contributed by atoms with Gasteiger partial charge in [-0.3, -0.25) is 0 Å². The molecule has 2 aromatic rings. The lowest BCUT2D eigenvalue weighted by Gasteiger charge is -2.32. The minimum absolute atomic E-state index is 0.209. The fourth-order valence-corrected chi connectivity index (χ4v) is 2.53. The predicted molar refractivity (Wildman–Crippen MR) is 72.0 cm³/mol. The van der Waals surface area contributed by atoms with Gasteiger partial charge in [0.25, 0.3) is 0 Å². The summed E-state index contributed by atoms with van der Waals surface area (Å²) < 4.78 is 1.92. The van der Waals surface area contributed by atoms with Crippen molar-refractivity contribution in [2.24, 2.45) is 0 Å². The zero-order chi connectivity index (χ0) is 13.2. The fourth-order valence-electron chi connectivity index (χ4n) is 2.35. The molecule has 2 N–H and O–H groups in total. The highest BCUT2D eigenvalue weighted by atomic mass is 35.5. The van der Waals surface area contributed by atoms with E-state index in [9.17, 15) is 0 Å². The average Bonchev–Trinajstić information content (AvgIpc) is 2.91. The quantitative estimate of drug-likeness (QED) is 0.830. The van der Waals surface area contributed by atoms with Crippen LogP contribution in [0, 0.1) is 0 Å². The monoisotopic (exact) mass is 279 g/mol. The molecule has 2 aromatic heterocycles. The zero-order valence-corrected chi connectivity index (χ0v) is 11.0. The second kappa shape index (κ2) is 5.00. The van der Waals surface area contributed by atoms with Crippen molar-refractivity contribution in [2.75, 3.05) is 23.7 Å². The van der Waals surface area contributed by atoms with Gasteiger partial charge in [-0.2, -0.15) is 10.1 Å². The van der Waals surface area contributed by atoms with Crippen LogP contribution in [-0.4, -0.2) is 37.8 Å². The molecular weight excluding hydrogens is 266 g/mol. The first kappa shape index (κ1) is 12.2. The number of nitrogens with two attached hydrogens (primary N) is 1. The predicted octanol–water partition coefficient (Wildman–Crippen LogP) is 1.15. The van der Waals surface area contributed by atoms with E-state index in [2.05, 4.69) is 25.0 Å². The van der Waals surface area contributed by atoms with Crippen LogP contribution < -0.4 is 10.6 Å². The van der Waals surface area contributed by atoms with E-state index < -0.39 is 0 Å². The van der Waals surface area contributed by atoms with Crippen LogP contribution in [0.2, 0.25) is 5.15 Å². The molecule has 1 fully saturated rings. The summed E-state index contributed by atoms with van der Waals surface area (Å²) >= 11 is 5.90. The van der Waals surface area contributed by atoms with E-state index in [0.29, 0.717) is 11.2 Å². The number of anilines is 2. The topological polar surface area (TPSA) is 85.8 Å². The summed E-state index contributed by atoms with van der Waals surface area (Å²) in [6.45, 7) is 1.77. The molecule has 0 bridgehead atoms. The van der Waals surface area contributed by atoms with Gasteiger partial charge in [0.2, 0.25) is 5.95 Å². The molecule has 3 rings (SSSR count). The molecule has 19 heavy (non-hydrogen) atoms. The van der Waals surface area contributed by atoms with E-state index in [4.69, 9.17) is 17.3 Å². The van der Waals surface area contributed by atoms with Crippen LogP contribution in [0.25, 0.3) is 0 Å². The summed E-state index contributed by atoms with van der Waals surface area (Å²) in [5, 5.41) is 4.56. The smallest absolute Gasteiger partial charge is 0.223 e. The maximum atomic E-state index is 5.90. The number of piperidine rings is 1. The molecule has 0 atom stereocenters. The maximum absolute atomic E-state index is 5.90. The minimum Gasteiger partial charge on any atom is -0.368 e. The molecule has 0 unspecified atom stereocenters. The highest BCUT2D eigenvalue weighted by molar-refractivity contribution is 6.29. The van der Waals surface area contributed by atoms with Crippen LogP contribution in [0.5, 0.6) is 0 Å². The lowest BCUT2D eigenvalue weighted by Crippen LogP contribution is -2.35. The van der Waals surface area contributed by atoms with Gasteiger partial charge in [-0.15, -0.1) is 0 Å². The molecule has 0 radical (unpaired) electrons. The van der Waals surface area contributed by atoms with Crippen molar-refractivity contribution >= 4 is 23.4 Å². The first-order chi connectivity index (χ1) is 9.22. The Morgan fingerprint density at radius 3 is 2.68 bits per heavy atom. The number of nitrogens with zero attached hydrogens (tertiary/aromatic N) is 6. The molecule has 3 heterocycles. The molecule has 1 aliphatic heterocycles. The van der Waals surface area contributed by atoms with E-state index in [-0.39, 0.29) is 5.95 Å². The lowest BCUT2D eigenvalue weighted by atomic mass is 10.1. The number of hydrogen-bond acceptors (Lipinski definition) is 6. The third kappa shape index (κ3) is 2.60. The van der Waals surface area contributed by atoms with Gasteiger partial charge >= 0.3 is 0 Å². The Morgan fingerprint density at radius 1 is 1.26 bits per heavy atom. The second-order valence-electron chi connectivity index (χ2n) is 4.50. The summed E-state index contributed by atoms with van der Waals surface area (Å²) in [6.07, 6.45) is 5.31. The van der Waals surface area contributed by atoms with Gasteiger partial charge in [-0.1, -0.05) is 11.6 Å². The molecule has 0 spiro atoms. The third-order valence-corrected chi connectivity index (χ3v) is 3.49. The number of aromatic nitrogens is 5. The summed E-state index contributed by atoms with van der Waals surface area (Å²) in [5.41, 5.74) is 5.61. The van der Waals surface area contributed by atoms with Gasteiger partial charge in [-0.25, -0.2) is 14.6 Å². The molecule has 0 amide bonds. The summed E-state index contributed by atoms with van der Waals surface area (Å²) in [5.74, 6) is 0.996. The van der Waals surface area contributed by atoms with Gasteiger partial charge in [0.1, 0.15) is 23.6 Å². The highest BCUT2D eigenvalue weighted by Crippen LogP contribution is 2.25. The van der Waals surface area contributed by atoms with Crippen molar-refractivity contribution in [3.05, 3.63) is 23.9 Å². The average molecular weight is 280 g/mol. The number of rotatable bonds is 2. The lowest BCUT2D eigenvalue weighted by molar-refractivity contribution is 0.365. The molecule has 8 heteroatoms. The molecule has 0 aromatic carbocycles. The Bertz CT molecular complexity index is 528. The summed E-state index contributed by atoms with van der Waals surface area (Å²) in [6, 6.07) is 2.14. The van der Waals surface area contributed by atoms with E-state index in [1.54, 1.807) is 18.7 Å². The van der Waals surface area contributed by atoms with Gasteiger partial charge in [-0.05, 0) is 12.8 Å².